The molecule has 10 heteroatoms. The average molecular weight is 387 g/mol. The zero-order valence-electron chi connectivity index (χ0n) is 15.3. The van der Waals surface area contributed by atoms with Gasteiger partial charge in [-0.25, -0.2) is 4.79 Å². The molecule has 0 unspecified atom stereocenters. The number of hydrogen-bond donors (Lipinski definition) is 2. The van der Waals surface area contributed by atoms with Crippen LogP contribution in [0.2, 0.25) is 0 Å². The molecule has 10 nitrogen and oxygen atoms in total. The molecule has 2 N–H and O–H groups in total. The second-order valence-electron chi connectivity index (χ2n) is 7.44. The molecule has 0 radical (unpaired) electrons. The van der Waals surface area contributed by atoms with Crippen LogP contribution >= 0.6 is 0 Å². The molecule has 0 saturated carbocycles. The third-order valence-electron chi connectivity index (χ3n) is 5.78. The summed E-state index contributed by atoms with van der Waals surface area (Å²) in [5.74, 6) is -0.675. The van der Waals surface area contributed by atoms with Gasteiger partial charge in [-0.3, -0.25) is 25.0 Å². The molecule has 0 bridgehead atoms. The molecule has 1 spiro atoms. The maximum Gasteiger partial charge on any atom is 0.322 e. The summed E-state index contributed by atoms with van der Waals surface area (Å²) < 4.78 is 0. The topological polar surface area (TPSA) is 125 Å². The predicted molar refractivity (Wildman–Crippen MR) is 99.1 cm³/mol. The van der Waals surface area contributed by atoms with Crippen LogP contribution in [0.15, 0.2) is 18.2 Å². The van der Waals surface area contributed by atoms with E-state index < -0.39 is 16.5 Å². The molecule has 0 aliphatic carbocycles. The van der Waals surface area contributed by atoms with E-state index in [-0.39, 0.29) is 36.2 Å². The Labute approximate surface area is 161 Å². The molecule has 1 aromatic carbocycles. The number of amides is 4. The minimum absolute atomic E-state index is 0.0661. The number of rotatable bonds is 3. The van der Waals surface area contributed by atoms with Crippen LogP contribution < -0.4 is 15.5 Å². The lowest BCUT2D eigenvalue weighted by Crippen LogP contribution is -2.55. The second-order valence-corrected chi connectivity index (χ2v) is 7.44. The Kier molecular flexibility index (Phi) is 4.40. The van der Waals surface area contributed by atoms with Crippen molar-refractivity contribution in [3.63, 3.8) is 0 Å². The highest BCUT2D eigenvalue weighted by molar-refractivity contribution is 6.07. The molecule has 4 amide bonds. The summed E-state index contributed by atoms with van der Waals surface area (Å²) in [5.41, 5.74) is -0.226. The monoisotopic (exact) mass is 387 g/mol. The Morgan fingerprint density at radius 2 is 1.79 bits per heavy atom. The third-order valence-corrected chi connectivity index (χ3v) is 5.78. The van der Waals surface area contributed by atoms with Crippen LogP contribution in [0.25, 0.3) is 0 Å². The van der Waals surface area contributed by atoms with Gasteiger partial charge in [0.1, 0.15) is 11.2 Å². The Bertz CT molecular complexity index is 856. The number of imide groups is 1. The number of piperidine rings is 1. The molecule has 148 valence electrons. The summed E-state index contributed by atoms with van der Waals surface area (Å²) in [5, 5.41) is 16.4. The minimum atomic E-state index is -0.959. The molecule has 1 aromatic rings. The highest BCUT2D eigenvalue weighted by atomic mass is 16.6. The van der Waals surface area contributed by atoms with E-state index in [1.54, 1.807) is 17.0 Å². The van der Waals surface area contributed by atoms with Gasteiger partial charge in [-0.15, -0.1) is 0 Å². The van der Waals surface area contributed by atoms with Gasteiger partial charge in [0.25, 0.3) is 17.5 Å². The molecule has 0 aromatic heterocycles. The lowest BCUT2D eigenvalue weighted by atomic mass is 9.87. The fraction of sp³-hybridized carbons (Fsp3) is 0.500. The van der Waals surface area contributed by atoms with Crippen molar-refractivity contribution in [2.24, 2.45) is 0 Å². The summed E-state index contributed by atoms with van der Waals surface area (Å²) in [6.07, 6.45) is 2.61. The van der Waals surface area contributed by atoms with E-state index in [0.29, 0.717) is 18.5 Å². The normalized spacial score (nSPS) is 21.0. The number of nitrogens with one attached hydrogen (secondary N) is 2. The lowest BCUT2D eigenvalue weighted by molar-refractivity contribution is -0.384. The zero-order chi connectivity index (χ0) is 19.9. The summed E-state index contributed by atoms with van der Waals surface area (Å²) in [6.45, 7) is 2.12. The summed E-state index contributed by atoms with van der Waals surface area (Å²) >= 11 is 0. The summed E-state index contributed by atoms with van der Waals surface area (Å²) in [4.78, 5) is 50.9. The van der Waals surface area contributed by atoms with Crippen molar-refractivity contribution < 1.29 is 19.3 Å². The highest BCUT2D eigenvalue weighted by Gasteiger charge is 2.48. The predicted octanol–water partition coefficient (Wildman–Crippen LogP) is 1.01. The van der Waals surface area contributed by atoms with Crippen molar-refractivity contribution in [1.29, 1.82) is 0 Å². The van der Waals surface area contributed by atoms with E-state index in [1.165, 1.54) is 6.07 Å². The van der Waals surface area contributed by atoms with Gasteiger partial charge in [-0.05, 0) is 37.8 Å². The number of carbonyl (C=O) groups excluding carboxylic acids is 3. The Hall–Kier alpha value is -3.17. The Morgan fingerprint density at radius 3 is 2.36 bits per heavy atom. The highest BCUT2D eigenvalue weighted by Crippen LogP contribution is 2.33. The van der Waals surface area contributed by atoms with E-state index in [1.807, 2.05) is 4.90 Å². The van der Waals surface area contributed by atoms with Gasteiger partial charge in [0.05, 0.1) is 4.92 Å². The number of hydrogen-bond acceptors (Lipinski definition) is 6. The molecule has 3 heterocycles. The summed E-state index contributed by atoms with van der Waals surface area (Å²) in [6, 6.07) is 4.09. The van der Waals surface area contributed by atoms with Crippen molar-refractivity contribution >= 4 is 29.2 Å². The van der Waals surface area contributed by atoms with Crippen LogP contribution in [0.5, 0.6) is 0 Å². The fourth-order valence-electron chi connectivity index (χ4n) is 4.18. The SMILES string of the molecule is O=C1NC(=O)C2(CCN(C(=O)c3ccc(N4CCCC4)c([N+](=O)[O-])c3)CC2)N1. The molecule has 3 aliphatic rings. The Morgan fingerprint density at radius 1 is 1.11 bits per heavy atom. The van der Waals surface area contributed by atoms with Gasteiger partial charge in [-0.2, -0.15) is 0 Å². The molecule has 3 saturated heterocycles. The molecular weight excluding hydrogens is 366 g/mol. The first-order valence-corrected chi connectivity index (χ1v) is 9.36. The first-order chi connectivity index (χ1) is 13.4. The number of nitro benzene ring substituents is 1. The number of carbonyl (C=O) groups is 3. The molecule has 3 aliphatic heterocycles. The molecular formula is C18H21N5O5. The summed E-state index contributed by atoms with van der Waals surface area (Å²) in [7, 11) is 0. The number of urea groups is 1. The maximum atomic E-state index is 12.9. The van der Waals surface area contributed by atoms with Crippen molar-refractivity contribution in [3.8, 4) is 0 Å². The van der Waals surface area contributed by atoms with Crippen LogP contribution in [-0.4, -0.2) is 59.4 Å². The minimum Gasteiger partial charge on any atom is -0.366 e. The maximum absolute atomic E-state index is 12.9. The first-order valence-electron chi connectivity index (χ1n) is 9.36. The fourth-order valence-corrected chi connectivity index (χ4v) is 4.18. The van der Waals surface area contributed by atoms with Crippen molar-refractivity contribution in [2.45, 2.75) is 31.2 Å². The zero-order valence-corrected chi connectivity index (χ0v) is 15.3. The van der Waals surface area contributed by atoms with Crippen LogP contribution in [0.1, 0.15) is 36.0 Å². The quantitative estimate of drug-likeness (QED) is 0.453. The van der Waals surface area contributed by atoms with Gasteiger partial charge in [0.15, 0.2) is 0 Å². The lowest BCUT2D eigenvalue weighted by Gasteiger charge is -2.37. The van der Waals surface area contributed by atoms with Crippen LogP contribution in [0.4, 0.5) is 16.2 Å². The smallest absolute Gasteiger partial charge is 0.322 e. The molecule has 0 atom stereocenters. The number of anilines is 1. The average Bonchev–Trinajstić information content (AvgIpc) is 3.30. The van der Waals surface area contributed by atoms with E-state index in [9.17, 15) is 24.5 Å². The Balaban J connectivity index is 1.51. The van der Waals surface area contributed by atoms with Gasteiger partial charge >= 0.3 is 6.03 Å². The van der Waals surface area contributed by atoms with Gasteiger partial charge in [0.2, 0.25) is 0 Å². The third kappa shape index (κ3) is 3.04. The standard InChI is InChI=1S/C18H21N5O5/c24-15(22-9-5-18(6-10-22)16(25)19-17(26)20-18)12-3-4-13(14(11-12)23(27)28)21-7-1-2-8-21/h3-4,11H,1-2,5-10H2,(H2,19,20,25,26). The van der Waals surface area contributed by atoms with Crippen LogP contribution in [0.3, 0.4) is 0 Å². The van der Waals surface area contributed by atoms with Crippen molar-refractivity contribution in [2.75, 3.05) is 31.1 Å². The first kappa shape index (κ1) is 18.2. The second kappa shape index (κ2) is 6.77. The van der Waals surface area contributed by atoms with E-state index in [0.717, 1.165) is 25.9 Å². The number of benzene rings is 1. The van der Waals surface area contributed by atoms with Gasteiger partial charge in [-0.1, -0.05) is 0 Å². The van der Waals surface area contributed by atoms with Crippen molar-refractivity contribution in [1.82, 2.24) is 15.5 Å². The van der Waals surface area contributed by atoms with Gasteiger partial charge < -0.3 is 15.1 Å². The van der Waals surface area contributed by atoms with Crippen LogP contribution in [-0.2, 0) is 4.79 Å². The van der Waals surface area contributed by atoms with E-state index in [4.69, 9.17) is 0 Å². The number of nitro groups is 1. The molecule has 28 heavy (non-hydrogen) atoms. The number of nitrogens with zero attached hydrogens (tertiary/aromatic N) is 3. The number of likely N-dealkylation sites (tertiary alicyclic amines) is 1. The van der Waals surface area contributed by atoms with Crippen LogP contribution in [0, 0.1) is 10.1 Å². The van der Waals surface area contributed by atoms with E-state index >= 15 is 0 Å². The van der Waals surface area contributed by atoms with E-state index in [2.05, 4.69) is 10.6 Å². The molecule has 4 rings (SSSR count). The van der Waals surface area contributed by atoms with Gasteiger partial charge in [0, 0.05) is 37.8 Å². The van der Waals surface area contributed by atoms with Crippen molar-refractivity contribution in [3.05, 3.63) is 33.9 Å². The largest absolute Gasteiger partial charge is 0.366 e. The molecule has 3 fully saturated rings.